The lowest BCUT2D eigenvalue weighted by molar-refractivity contribution is -0.130. The molecule has 2 rings (SSSR count). The number of hydrogen-bond donors (Lipinski definition) is 4. The molecule has 28 heavy (non-hydrogen) atoms. The molecule has 0 radical (unpaired) electrons. The topological polar surface area (TPSA) is 126 Å². The summed E-state index contributed by atoms with van der Waals surface area (Å²) in [7, 11) is 0. The minimum Gasteiger partial charge on any atom is -0.507 e. The number of nitrogens with two attached hydrogens (primary N) is 2. The lowest BCUT2D eigenvalue weighted by Crippen LogP contribution is -2.28. The molecule has 0 saturated heterocycles. The van der Waals surface area contributed by atoms with E-state index in [1.165, 1.54) is 0 Å². The molecule has 0 bridgehead atoms. The van der Waals surface area contributed by atoms with E-state index in [2.05, 4.69) is 4.90 Å². The summed E-state index contributed by atoms with van der Waals surface area (Å²) in [5, 5.41) is 17.7. The third kappa shape index (κ3) is 5.34. The number of ether oxygens (including phenoxy) is 1. The van der Waals surface area contributed by atoms with Gasteiger partial charge in [-0.2, -0.15) is 0 Å². The molecule has 7 nitrogen and oxygen atoms in total. The summed E-state index contributed by atoms with van der Waals surface area (Å²) in [6.07, 6.45) is 1.57. The van der Waals surface area contributed by atoms with Crippen molar-refractivity contribution in [2.45, 2.75) is 13.8 Å². The zero-order valence-electron chi connectivity index (χ0n) is 16.1. The van der Waals surface area contributed by atoms with Gasteiger partial charge in [0.05, 0.1) is 0 Å². The quantitative estimate of drug-likeness (QED) is 0.183. The Hall–Kier alpha value is -3.32. The highest BCUT2D eigenvalue weighted by atomic mass is 16.5. The Morgan fingerprint density at radius 2 is 1.93 bits per heavy atom. The summed E-state index contributed by atoms with van der Waals surface area (Å²) in [6.45, 7) is 5.63. The minimum atomic E-state index is -0.530. The van der Waals surface area contributed by atoms with Crippen LogP contribution in [0.3, 0.4) is 0 Å². The van der Waals surface area contributed by atoms with Gasteiger partial charge in [0.1, 0.15) is 17.3 Å². The lowest BCUT2D eigenvalue weighted by atomic mass is 10.1. The average molecular weight is 382 g/mol. The minimum absolute atomic E-state index is 0.0547. The monoisotopic (exact) mass is 382 g/mol. The largest absolute Gasteiger partial charge is 0.507 e. The summed E-state index contributed by atoms with van der Waals surface area (Å²) in [5.41, 5.74) is 13.3. The number of amidine groups is 1. The number of aromatic hydroxyl groups is 1. The summed E-state index contributed by atoms with van der Waals surface area (Å²) in [5.74, 6) is -0.160. The molecule has 7 heteroatoms. The van der Waals surface area contributed by atoms with E-state index in [-0.39, 0.29) is 11.6 Å². The second-order valence-corrected chi connectivity index (χ2v) is 6.27. The van der Waals surface area contributed by atoms with Gasteiger partial charge < -0.3 is 26.2 Å². The fraction of sp³-hybridized carbons (Fsp3) is 0.238. The van der Waals surface area contributed by atoms with Crippen molar-refractivity contribution in [3.8, 4) is 11.5 Å². The van der Waals surface area contributed by atoms with Gasteiger partial charge in [-0.05, 0) is 56.3 Å². The van der Waals surface area contributed by atoms with Gasteiger partial charge in [0.15, 0.2) is 0 Å². The summed E-state index contributed by atoms with van der Waals surface area (Å²) in [6, 6.07) is 11.6. The molecule has 0 aliphatic rings. The number of nitrogens with one attached hydrogen (secondary N) is 1. The van der Waals surface area contributed by atoms with Crippen LogP contribution in [0.25, 0.3) is 6.08 Å². The number of rotatable bonds is 8. The number of phenols is 1. The molecule has 2 aromatic carbocycles. The highest BCUT2D eigenvalue weighted by Gasteiger charge is 2.11. The number of carbonyl (C=O) groups excluding carboxylic acids is 1. The molecule has 148 valence electrons. The van der Waals surface area contributed by atoms with Crippen molar-refractivity contribution in [1.82, 2.24) is 0 Å². The van der Waals surface area contributed by atoms with E-state index in [4.69, 9.17) is 21.6 Å². The Bertz CT molecular complexity index is 876. The molecule has 6 N–H and O–H groups in total. The van der Waals surface area contributed by atoms with Crippen LogP contribution in [0.5, 0.6) is 11.5 Å². The molecule has 0 atom stereocenters. The van der Waals surface area contributed by atoms with Gasteiger partial charge in [0.25, 0.3) is 0 Å². The van der Waals surface area contributed by atoms with Crippen molar-refractivity contribution in [3.05, 3.63) is 59.2 Å². The van der Waals surface area contributed by atoms with Crippen molar-refractivity contribution >= 4 is 23.6 Å². The first-order valence-corrected chi connectivity index (χ1v) is 8.98. The van der Waals surface area contributed by atoms with Gasteiger partial charge in [-0.25, -0.2) is 4.79 Å². The molecule has 0 aliphatic heterocycles. The number of phenolic OH excluding ortho intramolecular Hbond substituents is 1. The van der Waals surface area contributed by atoms with E-state index in [1.54, 1.807) is 49.4 Å². The zero-order chi connectivity index (χ0) is 20.7. The SMILES string of the molecule is CCN(CCN)c1ccc(C=C(C)C(=O)Oc2ccc(C(=N)N)cc2)c(O)c1. The van der Waals surface area contributed by atoms with E-state index < -0.39 is 5.97 Å². The highest BCUT2D eigenvalue weighted by molar-refractivity contribution is 5.96. The van der Waals surface area contributed by atoms with Crippen LogP contribution in [0.1, 0.15) is 25.0 Å². The number of nitrogens with zero attached hydrogens (tertiary/aromatic N) is 1. The Kier molecular flexibility index (Phi) is 7.17. The highest BCUT2D eigenvalue weighted by Crippen LogP contribution is 2.27. The first-order chi connectivity index (χ1) is 13.3. The molecular weight excluding hydrogens is 356 g/mol. The number of benzene rings is 2. The maximum Gasteiger partial charge on any atom is 0.339 e. The molecule has 0 saturated carbocycles. The Labute approximate surface area is 164 Å². The first kappa shape index (κ1) is 21.0. The number of anilines is 1. The Morgan fingerprint density at radius 3 is 2.46 bits per heavy atom. The summed E-state index contributed by atoms with van der Waals surface area (Å²) >= 11 is 0. The van der Waals surface area contributed by atoms with Gasteiger partial charge >= 0.3 is 5.97 Å². The lowest BCUT2D eigenvalue weighted by Gasteiger charge is -2.22. The van der Waals surface area contributed by atoms with Crippen molar-refractivity contribution in [3.63, 3.8) is 0 Å². The van der Waals surface area contributed by atoms with Crippen LogP contribution in [0.4, 0.5) is 5.69 Å². The van der Waals surface area contributed by atoms with Crippen LogP contribution in [0.15, 0.2) is 48.0 Å². The van der Waals surface area contributed by atoms with Gasteiger partial charge in [-0.3, -0.25) is 5.41 Å². The second-order valence-electron chi connectivity index (χ2n) is 6.27. The van der Waals surface area contributed by atoms with Crippen LogP contribution < -0.4 is 21.1 Å². The normalized spacial score (nSPS) is 11.2. The molecule has 0 aromatic heterocycles. The van der Waals surface area contributed by atoms with Gasteiger partial charge in [0, 0.05) is 48.1 Å². The standard InChI is InChI=1S/C21H26N4O3/c1-3-25(11-10-22)17-7-4-16(19(26)13-17)12-14(2)21(27)28-18-8-5-15(6-9-18)20(23)24/h4-9,12-13,26H,3,10-11,22H2,1-2H3,(H3,23,24). The second kappa shape index (κ2) is 9.57. The van der Waals surface area contributed by atoms with Crippen LogP contribution >= 0.6 is 0 Å². The number of esters is 1. The summed E-state index contributed by atoms with van der Waals surface area (Å²) in [4.78, 5) is 14.3. The fourth-order valence-electron chi connectivity index (χ4n) is 2.66. The number of hydrogen-bond acceptors (Lipinski definition) is 6. The third-order valence-electron chi connectivity index (χ3n) is 4.23. The Balaban J connectivity index is 2.13. The van der Waals surface area contributed by atoms with Crippen molar-refractivity contribution in [1.29, 1.82) is 5.41 Å². The van der Waals surface area contributed by atoms with E-state index in [9.17, 15) is 9.90 Å². The van der Waals surface area contributed by atoms with E-state index in [1.807, 2.05) is 13.0 Å². The van der Waals surface area contributed by atoms with E-state index >= 15 is 0 Å². The maximum absolute atomic E-state index is 12.3. The molecule has 0 aliphatic carbocycles. The molecule has 2 aromatic rings. The predicted octanol–water partition coefficient (Wildman–Crippen LogP) is 2.47. The van der Waals surface area contributed by atoms with Crippen molar-refractivity contribution < 1.29 is 14.6 Å². The molecule has 0 spiro atoms. The van der Waals surface area contributed by atoms with E-state index in [0.717, 1.165) is 12.2 Å². The van der Waals surface area contributed by atoms with Crippen molar-refractivity contribution in [2.24, 2.45) is 11.5 Å². The molecular formula is C21H26N4O3. The smallest absolute Gasteiger partial charge is 0.339 e. The maximum atomic E-state index is 12.3. The number of likely N-dealkylation sites (N-methyl/N-ethyl adjacent to an activating group) is 1. The van der Waals surface area contributed by atoms with Crippen LogP contribution in [0.2, 0.25) is 0 Å². The van der Waals surface area contributed by atoms with Crippen LogP contribution in [-0.2, 0) is 4.79 Å². The Morgan fingerprint density at radius 1 is 1.25 bits per heavy atom. The van der Waals surface area contributed by atoms with E-state index in [0.29, 0.717) is 35.5 Å². The van der Waals surface area contributed by atoms with Gasteiger partial charge in [-0.1, -0.05) is 0 Å². The van der Waals surface area contributed by atoms with Crippen LogP contribution in [0, 0.1) is 5.41 Å². The van der Waals surface area contributed by atoms with Gasteiger partial charge in [0.2, 0.25) is 0 Å². The van der Waals surface area contributed by atoms with Crippen LogP contribution in [-0.4, -0.2) is 36.5 Å². The van der Waals surface area contributed by atoms with Gasteiger partial charge in [-0.15, -0.1) is 0 Å². The van der Waals surface area contributed by atoms with Crippen molar-refractivity contribution in [2.75, 3.05) is 24.5 Å². The zero-order valence-corrected chi connectivity index (χ0v) is 16.1. The average Bonchev–Trinajstić information content (AvgIpc) is 2.68. The third-order valence-corrected chi connectivity index (χ3v) is 4.23. The molecule has 0 fully saturated rings. The molecule has 0 amide bonds. The molecule has 0 heterocycles. The number of nitrogen functional groups attached to an aromatic ring is 1. The first-order valence-electron chi connectivity index (χ1n) is 8.98. The fourth-order valence-corrected chi connectivity index (χ4v) is 2.66. The number of carbonyl (C=O) groups is 1. The summed E-state index contributed by atoms with van der Waals surface area (Å²) < 4.78 is 5.31. The predicted molar refractivity (Wildman–Crippen MR) is 112 cm³/mol. The molecule has 0 unspecified atom stereocenters.